The molecular formula is C15H28N2O3S. The second-order valence-corrected chi connectivity index (χ2v) is 9.27. The summed E-state index contributed by atoms with van der Waals surface area (Å²) >= 11 is 0. The highest BCUT2D eigenvalue weighted by Crippen LogP contribution is 2.37. The van der Waals surface area contributed by atoms with Gasteiger partial charge in [0.15, 0.2) is 0 Å². The van der Waals surface area contributed by atoms with Gasteiger partial charge < -0.3 is 4.74 Å². The molecule has 0 aromatic rings. The van der Waals surface area contributed by atoms with Gasteiger partial charge in [0.05, 0.1) is 17.0 Å². The first-order valence-corrected chi connectivity index (χ1v) is 9.85. The Hall–Kier alpha value is -0.170. The lowest BCUT2D eigenvalue weighted by molar-refractivity contribution is -0.118. The van der Waals surface area contributed by atoms with Gasteiger partial charge in [0.25, 0.3) is 0 Å². The zero-order valence-electron chi connectivity index (χ0n) is 13.2. The van der Waals surface area contributed by atoms with Crippen molar-refractivity contribution in [3.63, 3.8) is 0 Å². The summed E-state index contributed by atoms with van der Waals surface area (Å²) in [5.74, 6) is 0. The number of hydrogen-bond acceptors (Lipinski definition) is 4. The van der Waals surface area contributed by atoms with Gasteiger partial charge in [-0.25, -0.2) is 13.1 Å². The third kappa shape index (κ3) is 3.60. The number of rotatable bonds is 5. The number of nitrogens with zero attached hydrogens (tertiary/aromatic N) is 1. The van der Waals surface area contributed by atoms with E-state index in [2.05, 4.69) is 23.5 Å². The van der Waals surface area contributed by atoms with Gasteiger partial charge in [-0.05, 0) is 52.4 Å². The third-order valence-electron chi connectivity index (χ3n) is 5.13. The largest absolute Gasteiger partial charge is 0.369 e. The minimum Gasteiger partial charge on any atom is -0.369 e. The molecular weight excluding hydrogens is 288 g/mol. The Labute approximate surface area is 128 Å². The molecule has 3 aliphatic rings. The molecule has 6 heteroatoms. The zero-order chi connectivity index (χ0) is 15.1. The minimum absolute atomic E-state index is 0.0296. The third-order valence-corrected chi connectivity index (χ3v) is 7.04. The Bertz CT molecular complexity index is 475. The first-order chi connectivity index (χ1) is 9.90. The van der Waals surface area contributed by atoms with Crippen LogP contribution in [0.4, 0.5) is 0 Å². The minimum atomic E-state index is -3.09. The van der Waals surface area contributed by atoms with E-state index in [1.165, 1.54) is 0 Å². The Balaban J connectivity index is 1.54. The maximum absolute atomic E-state index is 11.9. The van der Waals surface area contributed by atoms with Gasteiger partial charge in [-0.15, -0.1) is 0 Å². The second-order valence-electron chi connectivity index (χ2n) is 7.22. The molecule has 2 atom stereocenters. The summed E-state index contributed by atoms with van der Waals surface area (Å²) in [4.78, 5) is 2.47. The van der Waals surface area contributed by atoms with Crippen molar-refractivity contribution >= 4 is 10.0 Å². The summed E-state index contributed by atoms with van der Waals surface area (Å²) < 4.78 is 32.9. The van der Waals surface area contributed by atoms with E-state index in [1.54, 1.807) is 0 Å². The Kier molecular flexibility index (Phi) is 4.34. The van der Waals surface area contributed by atoms with Crippen molar-refractivity contribution in [2.24, 2.45) is 0 Å². The van der Waals surface area contributed by atoms with E-state index >= 15 is 0 Å². The lowest BCUT2D eigenvalue weighted by atomic mass is 9.90. The Morgan fingerprint density at radius 3 is 2.67 bits per heavy atom. The van der Waals surface area contributed by atoms with E-state index in [4.69, 9.17) is 4.74 Å². The smallest absolute Gasteiger partial charge is 0.214 e. The lowest BCUT2D eigenvalue weighted by Crippen LogP contribution is -2.47. The summed E-state index contributed by atoms with van der Waals surface area (Å²) in [7, 11) is -3.09. The van der Waals surface area contributed by atoms with Crippen LogP contribution in [0.15, 0.2) is 0 Å². The van der Waals surface area contributed by atoms with Gasteiger partial charge in [0.2, 0.25) is 10.0 Å². The van der Waals surface area contributed by atoms with E-state index in [9.17, 15) is 8.42 Å². The van der Waals surface area contributed by atoms with Crippen molar-refractivity contribution < 1.29 is 13.2 Å². The number of sulfonamides is 1. The van der Waals surface area contributed by atoms with Crippen LogP contribution in [0.25, 0.3) is 0 Å². The summed E-state index contributed by atoms with van der Waals surface area (Å²) in [6.07, 6.45) is 5.97. The van der Waals surface area contributed by atoms with Crippen LogP contribution in [0.2, 0.25) is 0 Å². The van der Waals surface area contributed by atoms with Crippen LogP contribution in [0, 0.1) is 0 Å². The van der Waals surface area contributed by atoms with Crippen molar-refractivity contribution in [1.82, 2.24) is 9.62 Å². The Morgan fingerprint density at radius 1 is 1.29 bits per heavy atom. The van der Waals surface area contributed by atoms with Crippen LogP contribution in [0.3, 0.4) is 0 Å². The van der Waals surface area contributed by atoms with Gasteiger partial charge >= 0.3 is 0 Å². The molecule has 1 N–H and O–H groups in total. The fraction of sp³-hybridized carbons (Fsp3) is 1.00. The number of hydrogen-bond donors (Lipinski definition) is 1. The van der Waals surface area contributed by atoms with Gasteiger partial charge in [-0.1, -0.05) is 0 Å². The monoisotopic (exact) mass is 316 g/mol. The van der Waals surface area contributed by atoms with Crippen molar-refractivity contribution in [3.8, 4) is 0 Å². The first-order valence-electron chi connectivity index (χ1n) is 8.31. The van der Waals surface area contributed by atoms with Gasteiger partial charge in [0.1, 0.15) is 0 Å². The molecule has 1 aliphatic carbocycles. The maximum Gasteiger partial charge on any atom is 0.214 e. The van der Waals surface area contributed by atoms with E-state index in [0.717, 1.165) is 51.6 Å². The highest BCUT2D eigenvalue weighted by Gasteiger charge is 2.44. The topological polar surface area (TPSA) is 58.6 Å². The molecule has 2 saturated heterocycles. The van der Waals surface area contributed by atoms with Crippen LogP contribution in [0.5, 0.6) is 0 Å². The van der Waals surface area contributed by atoms with Crippen molar-refractivity contribution in [3.05, 3.63) is 0 Å². The number of likely N-dealkylation sites (tertiary alicyclic amines) is 1. The highest BCUT2D eigenvalue weighted by molar-refractivity contribution is 7.90. The van der Waals surface area contributed by atoms with Crippen molar-refractivity contribution in [2.45, 2.75) is 75.4 Å². The summed E-state index contributed by atoms with van der Waals surface area (Å²) in [5.41, 5.74) is -0.0296. The molecule has 0 radical (unpaired) electrons. The van der Waals surface area contributed by atoms with Crippen LogP contribution < -0.4 is 4.72 Å². The summed E-state index contributed by atoms with van der Waals surface area (Å²) in [5, 5.41) is -0.141. The summed E-state index contributed by atoms with van der Waals surface area (Å²) in [6.45, 7) is 6.99. The average Bonchev–Trinajstić information content (AvgIpc) is 3.22. The quantitative estimate of drug-likeness (QED) is 0.835. The van der Waals surface area contributed by atoms with E-state index in [1.807, 2.05) is 0 Å². The van der Waals surface area contributed by atoms with Gasteiger partial charge in [-0.3, -0.25) is 4.90 Å². The van der Waals surface area contributed by atoms with E-state index in [-0.39, 0.29) is 17.0 Å². The van der Waals surface area contributed by atoms with Crippen molar-refractivity contribution in [2.75, 3.05) is 19.6 Å². The molecule has 0 aromatic heterocycles. The van der Waals surface area contributed by atoms with Crippen LogP contribution in [0.1, 0.15) is 52.4 Å². The van der Waals surface area contributed by atoms with Crippen molar-refractivity contribution in [1.29, 1.82) is 0 Å². The molecule has 0 unspecified atom stereocenters. The molecule has 1 spiro atoms. The molecule has 2 aliphatic heterocycles. The molecule has 0 bridgehead atoms. The molecule has 3 rings (SSSR count). The van der Waals surface area contributed by atoms with Crippen LogP contribution in [-0.2, 0) is 14.8 Å². The number of nitrogens with one attached hydrogen (secondary N) is 1. The molecule has 0 amide bonds. The fourth-order valence-corrected chi connectivity index (χ4v) is 5.00. The normalized spacial score (nSPS) is 34.9. The lowest BCUT2D eigenvalue weighted by Gasteiger charge is -2.39. The van der Waals surface area contributed by atoms with Crippen LogP contribution in [-0.4, -0.2) is 55.9 Å². The highest BCUT2D eigenvalue weighted by atomic mass is 32.2. The average molecular weight is 316 g/mol. The second kappa shape index (κ2) is 5.80. The maximum atomic E-state index is 11.9. The summed E-state index contributed by atoms with van der Waals surface area (Å²) in [6, 6.07) is 0.557. The predicted molar refractivity (Wildman–Crippen MR) is 82.7 cm³/mol. The molecule has 5 nitrogen and oxygen atoms in total. The molecule has 2 heterocycles. The van der Waals surface area contributed by atoms with E-state index < -0.39 is 10.0 Å². The first kappa shape index (κ1) is 15.7. The van der Waals surface area contributed by atoms with Gasteiger partial charge in [-0.2, -0.15) is 0 Å². The SMILES string of the molecule is CC(C)N1CC[C@@]2(CCC[C@H](CNS(=O)(=O)C3CC3)O2)C1. The van der Waals surface area contributed by atoms with Crippen LogP contribution >= 0.6 is 0 Å². The molecule has 21 heavy (non-hydrogen) atoms. The zero-order valence-corrected chi connectivity index (χ0v) is 14.0. The number of ether oxygens (including phenoxy) is 1. The van der Waals surface area contributed by atoms with E-state index in [0.29, 0.717) is 12.6 Å². The Morgan fingerprint density at radius 2 is 2.05 bits per heavy atom. The predicted octanol–water partition coefficient (Wildman–Crippen LogP) is 1.49. The molecule has 122 valence electrons. The molecule has 0 aromatic carbocycles. The standard InChI is InChI=1S/C15H28N2O3S/c1-12(2)17-9-8-15(11-17)7-3-4-13(20-15)10-16-21(18,19)14-5-6-14/h12-14,16H,3-11H2,1-2H3/t13-,15+/m1/s1. The molecule has 1 saturated carbocycles. The van der Waals surface area contributed by atoms with Gasteiger partial charge in [0, 0.05) is 25.7 Å². The molecule has 3 fully saturated rings. The fourth-order valence-electron chi connectivity index (χ4n) is 3.59.